The monoisotopic (exact) mass is 284 g/mol. The Morgan fingerprint density at radius 1 is 1.26 bits per heavy atom. The molecular formula is C13H17ClN2O3. The predicted molar refractivity (Wildman–Crippen MR) is 74.8 cm³/mol. The fraction of sp³-hybridized carbons (Fsp3) is 0.385. The minimum atomic E-state index is -0.876. The van der Waals surface area contributed by atoms with Crippen LogP contribution in [0, 0.1) is 13.8 Å². The van der Waals surface area contributed by atoms with Crippen LogP contribution in [-0.2, 0) is 4.79 Å². The van der Waals surface area contributed by atoms with E-state index in [4.69, 9.17) is 16.7 Å². The molecule has 19 heavy (non-hydrogen) atoms. The number of aliphatic carboxylic acids is 1. The normalized spacial score (nSPS) is 10.1. The van der Waals surface area contributed by atoms with Crippen LogP contribution in [0.1, 0.15) is 24.0 Å². The Morgan fingerprint density at radius 3 is 2.53 bits per heavy atom. The van der Waals surface area contributed by atoms with E-state index in [1.165, 1.54) is 0 Å². The maximum absolute atomic E-state index is 11.6. The second-order valence-corrected chi connectivity index (χ2v) is 4.70. The summed E-state index contributed by atoms with van der Waals surface area (Å²) in [7, 11) is 0. The highest BCUT2D eigenvalue weighted by atomic mass is 35.5. The summed E-state index contributed by atoms with van der Waals surface area (Å²) in [5, 5.41) is 14.1. The summed E-state index contributed by atoms with van der Waals surface area (Å²) < 4.78 is 0. The molecule has 0 fully saturated rings. The molecule has 0 bridgehead atoms. The molecule has 0 saturated carbocycles. The third-order valence-corrected chi connectivity index (χ3v) is 3.00. The number of aryl methyl sites for hydroxylation is 2. The number of carboxylic acid groups (broad SMARTS) is 1. The molecule has 0 unspecified atom stereocenters. The molecule has 0 aliphatic heterocycles. The fourth-order valence-corrected chi connectivity index (χ4v) is 1.75. The van der Waals surface area contributed by atoms with Gasteiger partial charge in [0.1, 0.15) is 0 Å². The number of nitrogens with one attached hydrogen (secondary N) is 2. The lowest BCUT2D eigenvalue weighted by Crippen LogP contribution is -2.30. The van der Waals surface area contributed by atoms with Gasteiger partial charge in [0, 0.05) is 13.0 Å². The predicted octanol–water partition coefficient (Wildman–Crippen LogP) is 2.94. The van der Waals surface area contributed by atoms with Crippen molar-refractivity contribution in [2.24, 2.45) is 0 Å². The smallest absolute Gasteiger partial charge is 0.319 e. The van der Waals surface area contributed by atoms with Crippen LogP contribution in [0.5, 0.6) is 0 Å². The van der Waals surface area contributed by atoms with Gasteiger partial charge < -0.3 is 15.7 Å². The van der Waals surface area contributed by atoms with Gasteiger partial charge in [0.05, 0.1) is 10.7 Å². The topological polar surface area (TPSA) is 78.4 Å². The highest BCUT2D eigenvalue weighted by Gasteiger charge is 2.07. The number of hydrogen-bond acceptors (Lipinski definition) is 2. The molecule has 1 rings (SSSR count). The van der Waals surface area contributed by atoms with Crippen molar-refractivity contribution in [1.82, 2.24) is 5.32 Å². The molecule has 0 spiro atoms. The summed E-state index contributed by atoms with van der Waals surface area (Å²) >= 11 is 6.03. The zero-order valence-corrected chi connectivity index (χ0v) is 11.7. The molecule has 2 amide bonds. The van der Waals surface area contributed by atoms with Crippen molar-refractivity contribution in [3.8, 4) is 0 Å². The van der Waals surface area contributed by atoms with Gasteiger partial charge in [-0.2, -0.15) is 0 Å². The highest BCUT2D eigenvalue weighted by molar-refractivity contribution is 6.33. The third-order valence-electron chi connectivity index (χ3n) is 2.68. The molecule has 1 aromatic rings. The van der Waals surface area contributed by atoms with Crippen LogP contribution >= 0.6 is 11.6 Å². The molecule has 0 radical (unpaired) electrons. The maximum Gasteiger partial charge on any atom is 0.319 e. The molecule has 0 heterocycles. The standard InChI is InChI=1S/C13H17ClN2O3/c1-8-6-10(14)11(7-9(8)2)16-13(19)15-5-3-4-12(17)18/h6-7H,3-5H2,1-2H3,(H,17,18)(H2,15,16,19). The van der Waals surface area contributed by atoms with Gasteiger partial charge >= 0.3 is 12.0 Å². The van der Waals surface area contributed by atoms with Crippen LogP contribution in [0.25, 0.3) is 0 Å². The van der Waals surface area contributed by atoms with E-state index in [-0.39, 0.29) is 6.42 Å². The average molecular weight is 285 g/mol. The molecule has 0 aliphatic rings. The van der Waals surface area contributed by atoms with Crippen molar-refractivity contribution >= 4 is 29.3 Å². The number of carbonyl (C=O) groups is 2. The summed E-state index contributed by atoms with van der Waals surface area (Å²) in [4.78, 5) is 21.9. The van der Waals surface area contributed by atoms with Crippen LogP contribution in [-0.4, -0.2) is 23.7 Å². The van der Waals surface area contributed by atoms with Gasteiger partial charge in [-0.3, -0.25) is 4.79 Å². The zero-order chi connectivity index (χ0) is 14.4. The Morgan fingerprint density at radius 2 is 1.89 bits per heavy atom. The molecule has 104 valence electrons. The summed E-state index contributed by atoms with van der Waals surface area (Å²) in [6.07, 6.45) is 0.425. The molecule has 5 nitrogen and oxygen atoms in total. The second-order valence-electron chi connectivity index (χ2n) is 4.29. The average Bonchev–Trinajstić information content (AvgIpc) is 2.31. The first-order valence-corrected chi connectivity index (χ1v) is 6.31. The summed E-state index contributed by atoms with van der Waals surface area (Å²) in [6.45, 7) is 4.18. The minimum absolute atomic E-state index is 0.0324. The quantitative estimate of drug-likeness (QED) is 0.727. The zero-order valence-electron chi connectivity index (χ0n) is 10.9. The van der Waals surface area contributed by atoms with Gasteiger partial charge in [-0.1, -0.05) is 11.6 Å². The van der Waals surface area contributed by atoms with E-state index < -0.39 is 12.0 Å². The third kappa shape index (κ3) is 5.18. The number of rotatable bonds is 5. The van der Waals surface area contributed by atoms with Crippen LogP contribution in [0.4, 0.5) is 10.5 Å². The van der Waals surface area contributed by atoms with E-state index in [0.717, 1.165) is 11.1 Å². The number of halogens is 1. The molecule has 0 atom stereocenters. The Bertz CT molecular complexity index is 489. The molecule has 1 aromatic carbocycles. The molecule has 6 heteroatoms. The molecule has 0 aromatic heterocycles. The van der Waals surface area contributed by atoms with Gasteiger partial charge in [0.2, 0.25) is 0 Å². The van der Waals surface area contributed by atoms with E-state index in [0.29, 0.717) is 23.7 Å². The Balaban J connectivity index is 2.48. The first kappa shape index (κ1) is 15.3. The molecular weight excluding hydrogens is 268 g/mol. The lowest BCUT2D eigenvalue weighted by molar-refractivity contribution is -0.137. The van der Waals surface area contributed by atoms with Crippen molar-refractivity contribution in [2.75, 3.05) is 11.9 Å². The first-order valence-electron chi connectivity index (χ1n) is 5.93. The molecule has 0 saturated heterocycles. The maximum atomic E-state index is 11.6. The van der Waals surface area contributed by atoms with Crippen molar-refractivity contribution in [2.45, 2.75) is 26.7 Å². The van der Waals surface area contributed by atoms with Gasteiger partial charge in [0.15, 0.2) is 0 Å². The number of anilines is 1. The first-order chi connectivity index (χ1) is 8.90. The van der Waals surface area contributed by atoms with Crippen molar-refractivity contribution in [1.29, 1.82) is 0 Å². The van der Waals surface area contributed by atoms with E-state index in [1.54, 1.807) is 12.1 Å². The van der Waals surface area contributed by atoms with Crippen molar-refractivity contribution < 1.29 is 14.7 Å². The lowest BCUT2D eigenvalue weighted by atomic mass is 10.1. The molecule has 0 aliphatic carbocycles. The Labute approximate surface area is 117 Å². The van der Waals surface area contributed by atoms with Crippen LogP contribution in [0.2, 0.25) is 5.02 Å². The van der Waals surface area contributed by atoms with Gasteiger partial charge in [-0.15, -0.1) is 0 Å². The minimum Gasteiger partial charge on any atom is -0.481 e. The summed E-state index contributed by atoms with van der Waals surface area (Å²) in [6, 6.07) is 3.20. The number of carboxylic acids is 1. The number of amides is 2. The van der Waals surface area contributed by atoms with E-state index in [9.17, 15) is 9.59 Å². The number of benzene rings is 1. The number of carbonyl (C=O) groups excluding carboxylic acids is 1. The summed E-state index contributed by atoms with van der Waals surface area (Å²) in [5.74, 6) is -0.876. The SMILES string of the molecule is Cc1cc(Cl)c(NC(=O)NCCCC(=O)O)cc1C. The van der Waals surface area contributed by atoms with Crippen LogP contribution in [0.15, 0.2) is 12.1 Å². The largest absolute Gasteiger partial charge is 0.481 e. The van der Waals surface area contributed by atoms with Crippen LogP contribution < -0.4 is 10.6 Å². The van der Waals surface area contributed by atoms with Crippen LogP contribution in [0.3, 0.4) is 0 Å². The van der Waals surface area contributed by atoms with Gasteiger partial charge in [0.25, 0.3) is 0 Å². The van der Waals surface area contributed by atoms with Gasteiger partial charge in [-0.05, 0) is 43.5 Å². The van der Waals surface area contributed by atoms with E-state index in [1.807, 2.05) is 13.8 Å². The van der Waals surface area contributed by atoms with E-state index >= 15 is 0 Å². The van der Waals surface area contributed by atoms with Crippen molar-refractivity contribution in [3.63, 3.8) is 0 Å². The second kappa shape index (κ2) is 6.99. The number of urea groups is 1. The number of hydrogen-bond donors (Lipinski definition) is 3. The Kier molecular flexibility index (Phi) is 5.63. The highest BCUT2D eigenvalue weighted by Crippen LogP contribution is 2.25. The lowest BCUT2D eigenvalue weighted by Gasteiger charge is -2.11. The van der Waals surface area contributed by atoms with Crippen molar-refractivity contribution in [3.05, 3.63) is 28.3 Å². The summed E-state index contributed by atoms with van der Waals surface area (Å²) in [5.41, 5.74) is 2.63. The fourth-order valence-electron chi connectivity index (χ4n) is 1.48. The Hall–Kier alpha value is -1.75. The van der Waals surface area contributed by atoms with Gasteiger partial charge in [-0.25, -0.2) is 4.79 Å². The molecule has 3 N–H and O–H groups in total. The van der Waals surface area contributed by atoms with E-state index in [2.05, 4.69) is 10.6 Å².